The van der Waals surface area contributed by atoms with Crippen molar-refractivity contribution in [3.63, 3.8) is 0 Å². The van der Waals surface area contributed by atoms with Crippen molar-refractivity contribution in [3.8, 4) is 5.75 Å². The van der Waals surface area contributed by atoms with E-state index in [0.717, 1.165) is 26.1 Å². The molecule has 0 bridgehead atoms. The van der Waals surface area contributed by atoms with Crippen LogP contribution >= 0.6 is 0 Å². The van der Waals surface area contributed by atoms with Crippen LogP contribution in [-0.4, -0.2) is 59.4 Å². The van der Waals surface area contributed by atoms with Crippen molar-refractivity contribution in [2.24, 2.45) is 0 Å². The van der Waals surface area contributed by atoms with Crippen molar-refractivity contribution in [3.05, 3.63) is 59.1 Å². The van der Waals surface area contributed by atoms with Crippen molar-refractivity contribution >= 4 is 17.4 Å². The third-order valence-electron chi connectivity index (χ3n) is 5.92. The highest BCUT2D eigenvalue weighted by molar-refractivity contribution is 6.46. The van der Waals surface area contributed by atoms with E-state index >= 15 is 0 Å². The molecule has 7 heteroatoms. The minimum Gasteiger partial charge on any atom is -0.507 e. The summed E-state index contributed by atoms with van der Waals surface area (Å²) in [7, 11) is 0. The molecule has 1 atom stereocenters. The van der Waals surface area contributed by atoms with E-state index in [1.807, 2.05) is 13.8 Å². The van der Waals surface area contributed by atoms with Crippen molar-refractivity contribution in [1.82, 2.24) is 9.80 Å². The molecule has 2 heterocycles. The average Bonchev–Trinajstić information content (AvgIpc) is 3.36. The molecule has 3 rings (SSSR count). The summed E-state index contributed by atoms with van der Waals surface area (Å²) in [5, 5.41) is 11.2. The number of hydrogen-bond donors (Lipinski definition) is 1. The van der Waals surface area contributed by atoms with Crippen LogP contribution in [-0.2, 0) is 9.59 Å². The molecule has 1 aliphatic heterocycles. The van der Waals surface area contributed by atoms with Crippen LogP contribution in [0.2, 0.25) is 0 Å². The predicted molar refractivity (Wildman–Crippen MR) is 127 cm³/mol. The number of likely N-dealkylation sites (tertiary alicyclic amines) is 1. The summed E-state index contributed by atoms with van der Waals surface area (Å²) in [5.74, 6) is 0.200. The van der Waals surface area contributed by atoms with Crippen LogP contribution in [0.3, 0.4) is 0 Å². The standard InChI is InChI=1S/C26H34N2O5/c1-5-16-32-20-11-8-10-19(17-20)24(29)22-23(21-13-12-18(4)33-21)28(26(31)25(22)30)15-9-14-27(6-2)7-3/h8,10-13,17,23,29H,5-7,9,14-16H2,1-4H3. The van der Waals surface area contributed by atoms with Gasteiger partial charge in [-0.2, -0.15) is 0 Å². The number of nitrogens with zero attached hydrogens (tertiary/aromatic N) is 2. The molecule has 33 heavy (non-hydrogen) atoms. The number of aliphatic hydroxyl groups is 1. The quantitative estimate of drug-likeness (QED) is 0.305. The van der Waals surface area contributed by atoms with Gasteiger partial charge in [0.2, 0.25) is 0 Å². The molecule has 1 saturated heterocycles. The summed E-state index contributed by atoms with van der Waals surface area (Å²) in [6.07, 6.45) is 1.57. The number of amides is 1. The smallest absolute Gasteiger partial charge is 0.295 e. The number of carbonyl (C=O) groups excluding carboxylic acids is 2. The van der Waals surface area contributed by atoms with Crippen molar-refractivity contribution in [2.75, 3.05) is 32.8 Å². The van der Waals surface area contributed by atoms with Crippen LogP contribution in [0.5, 0.6) is 5.75 Å². The van der Waals surface area contributed by atoms with Gasteiger partial charge < -0.3 is 24.1 Å². The fraction of sp³-hybridized carbons (Fsp3) is 0.462. The Morgan fingerprint density at radius 3 is 2.55 bits per heavy atom. The van der Waals surface area contributed by atoms with Gasteiger partial charge in [-0.15, -0.1) is 0 Å². The topological polar surface area (TPSA) is 83.2 Å². The highest BCUT2D eigenvalue weighted by atomic mass is 16.5. The molecule has 0 radical (unpaired) electrons. The lowest BCUT2D eigenvalue weighted by molar-refractivity contribution is -0.140. The minimum absolute atomic E-state index is 0.0461. The Kier molecular flexibility index (Phi) is 8.33. The number of aliphatic hydroxyl groups excluding tert-OH is 1. The second-order valence-electron chi connectivity index (χ2n) is 8.20. The maximum atomic E-state index is 13.1. The lowest BCUT2D eigenvalue weighted by atomic mass is 9.99. The number of furan rings is 1. The number of rotatable bonds is 11. The fourth-order valence-electron chi connectivity index (χ4n) is 4.12. The monoisotopic (exact) mass is 454 g/mol. The highest BCUT2D eigenvalue weighted by Gasteiger charge is 2.47. The lowest BCUT2D eigenvalue weighted by Crippen LogP contribution is -2.33. The van der Waals surface area contributed by atoms with E-state index in [2.05, 4.69) is 18.7 Å². The first kappa shape index (κ1) is 24.6. The van der Waals surface area contributed by atoms with E-state index in [1.165, 1.54) is 4.90 Å². The number of Topliss-reactive ketones (excluding diaryl/α,β-unsaturated/α-hetero) is 1. The molecule has 0 saturated carbocycles. The van der Waals surface area contributed by atoms with Crippen LogP contribution < -0.4 is 4.74 Å². The van der Waals surface area contributed by atoms with Gasteiger partial charge in [-0.3, -0.25) is 9.59 Å². The molecule has 7 nitrogen and oxygen atoms in total. The second kappa shape index (κ2) is 11.2. The van der Waals surface area contributed by atoms with Crippen LogP contribution in [0.15, 0.2) is 46.4 Å². The van der Waals surface area contributed by atoms with Gasteiger partial charge in [-0.05, 0) is 63.7 Å². The molecule has 1 aromatic carbocycles. The molecule has 0 aliphatic carbocycles. The van der Waals surface area contributed by atoms with Crippen LogP contribution in [0.4, 0.5) is 0 Å². The molecule has 1 aliphatic rings. The summed E-state index contributed by atoms with van der Waals surface area (Å²) in [6, 6.07) is 9.73. The van der Waals surface area contributed by atoms with Crippen molar-refractivity contribution < 1.29 is 23.8 Å². The van der Waals surface area contributed by atoms with E-state index in [0.29, 0.717) is 42.4 Å². The van der Waals surface area contributed by atoms with Gasteiger partial charge in [-0.25, -0.2) is 0 Å². The number of aryl methyl sites for hydroxylation is 1. The Morgan fingerprint density at radius 1 is 1.15 bits per heavy atom. The maximum absolute atomic E-state index is 13.1. The Bertz CT molecular complexity index is 1010. The molecular formula is C26H34N2O5. The van der Waals surface area contributed by atoms with E-state index < -0.39 is 17.7 Å². The summed E-state index contributed by atoms with van der Waals surface area (Å²) >= 11 is 0. The third kappa shape index (κ3) is 5.47. The van der Waals surface area contributed by atoms with Gasteiger partial charge in [0.25, 0.3) is 11.7 Å². The zero-order valence-corrected chi connectivity index (χ0v) is 20.0. The van der Waals surface area contributed by atoms with Gasteiger partial charge in [0, 0.05) is 12.1 Å². The number of ketones is 1. The molecule has 2 aromatic rings. The SMILES string of the molecule is CCCOc1cccc(C(O)=C2C(=O)C(=O)N(CCCN(CC)CC)C2c2ccc(C)o2)c1. The van der Waals surface area contributed by atoms with Gasteiger partial charge >= 0.3 is 0 Å². The average molecular weight is 455 g/mol. The largest absolute Gasteiger partial charge is 0.507 e. The van der Waals surface area contributed by atoms with Crippen molar-refractivity contribution in [2.45, 2.75) is 46.6 Å². The molecule has 1 unspecified atom stereocenters. The van der Waals surface area contributed by atoms with Crippen molar-refractivity contribution in [1.29, 1.82) is 0 Å². The summed E-state index contributed by atoms with van der Waals surface area (Å²) in [4.78, 5) is 29.9. The summed E-state index contributed by atoms with van der Waals surface area (Å²) < 4.78 is 11.5. The zero-order chi connectivity index (χ0) is 24.0. The second-order valence-corrected chi connectivity index (χ2v) is 8.20. The molecule has 0 spiro atoms. The Hall–Kier alpha value is -3.06. The molecular weight excluding hydrogens is 420 g/mol. The van der Waals surface area contributed by atoms with E-state index in [9.17, 15) is 14.7 Å². The first-order chi connectivity index (χ1) is 15.9. The summed E-state index contributed by atoms with van der Waals surface area (Å²) in [6.45, 7) is 11.6. The molecule has 1 amide bonds. The first-order valence-electron chi connectivity index (χ1n) is 11.7. The number of benzene rings is 1. The van der Waals surface area contributed by atoms with E-state index in [4.69, 9.17) is 9.15 Å². The van der Waals surface area contributed by atoms with E-state index in [1.54, 1.807) is 36.4 Å². The lowest BCUT2D eigenvalue weighted by Gasteiger charge is -2.25. The van der Waals surface area contributed by atoms with Gasteiger partial charge in [0.05, 0.1) is 12.2 Å². The molecule has 178 valence electrons. The summed E-state index contributed by atoms with van der Waals surface area (Å²) in [5.41, 5.74) is 0.475. The first-order valence-corrected chi connectivity index (χ1v) is 11.7. The third-order valence-corrected chi connectivity index (χ3v) is 5.92. The fourth-order valence-corrected chi connectivity index (χ4v) is 4.12. The van der Waals surface area contributed by atoms with Gasteiger partial charge in [-0.1, -0.05) is 32.9 Å². The molecule has 1 fully saturated rings. The Labute approximate surface area is 195 Å². The number of carbonyl (C=O) groups is 2. The zero-order valence-electron chi connectivity index (χ0n) is 20.0. The highest BCUT2D eigenvalue weighted by Crippen LogP contribution is 2.40. The van der Waals surface area contributed by atoms with Gasteiger partial charge in [0.1, 0.15) is 29.1 Å². The molecule has 1 N–H and O–H groups in total. The molecule has 1 aromatic heterocycles. The van der Waals surface area contributed by atoms with E-state index in [-0.39, 0.29) is 11.3 Å². The van der Waals surface area contributed by atoms with Gasteiger partial charge in [0.15, 0.2) is 0 Å². The maximum Gasteiger partial charge on any atom is 0.295 e. The number of ether oxygens (including phenoxy) is 1. The predicted octanol–water partition coefficient (Wildman–Crippen LogP) is 4.53. The number of hydrogen-bond acceptors (Lipinski definition) is 6. The normalized spacial score (nSPS) is 17.8. The van der Waals surface area contributed by atoms with Crippen LogP contribution in [0.25, 0.3) is 5.76 Å². The van der Waals surface area contributed by atoms with Crippen LogP contribution in [0.1, 0.15) is 56.7 Å². The Morgan fingerprint density at radius 2 is 1.91 bits per heavy atom. The minimum atomic E-state index is -0.768. The Balaban J connectivity index is 1.98. The van der Waals surface area contributed by atoms with Crippen LogP contribution in [0, 0.1) is 6.92 Å².